The minimum absolute atomic E-state index is 0.0661. The molecule has 0 radical (unpaired) electrons. The zero-order valence-electron chi connectivity index (χ0n) is 23.3. The molecule has 1 aliphatic heterocycles. The van der Waals surface area contributed by atoms with Gasteiger partial charge in [-0.05, 0) is 88.3 Å². The number of guanidine groups is 1. The third-order valence-electron chi connectivity index (χ3n) is 8.01. The number of nitrogens with two attached hydrogens (primary N) is 2. The van der Waals surface area contributed by atoms with E-state index in [0.717, 1.165) is 31.2 Å². The highest BCUT2D eigenvalue weighted by molar-refractivity contribution is 6.30. The van der Waals surface area contributed by atoms with Gasteiger partial charge in [-0.15, -0.1) is 0 Å². The number of nitrogens with zero attached hydrogens (tertiary/aromatic N) is 2. The maximum absolute atomic E-state index is 13.8. The van der Waals surface area contributed by atoms with Crippen LogP contribution < -0.4 is 16.8 Å². The zero-order valence-corrected chi connectivity index (χ0v) is 24.1. The Morgan fingerprint density at radius 2 is 1.76 bits per heavy atom. The highest BCUT2D eigenvalue weighted by Gasteiger charge is 2.42. The lowest BCUT2D eigenvalue weighted by atomic mass is 9.61. The molecule has 2 aliphatic rings. The van der Waals surface area contributed by atoms with Gasteiger partial charge in [-0.2, -0.15) is 0 Å². The van der Waals surface area contributed by atoms with Gasteiger partial charge in [-0.3, -0.25) is 9.79 Å². The fraction of sp³-hybridized carbons (Fsp3) is 0.690. The summed E-state index contributed by atoms with van der Waals surface area (Å²) < 4.78 is 5.48. The Balaban J connectivity index is 1.71. The van der Waals surface area contributed by atoms with E-state index in [1.165, 1.54) is 32.1 Å². The molecule has 0 aromatic heterocycles. The van der Waals surface area contributed by atoms with Gasteiger partial charge in [-0.1, -0.05) is 43.0 Å². The van der Waals surface area contributed by atoms with E-state index in [4.69, 9.17) is 27.8 Å². The van der Waals surface area contributed by atoms with E-state index in [1.54, 1.807) is 12.1 Å². The van der Waals surface area contributed by atoms with Gasteiger partial charge in [0.05, 0.1) is 0 Å². The number of aliphatic imine (C=N–C) groups is 1. The van der Waals surface area contributed by atoms with Crippen LogP contribution in [0.15, 0.2) is 29.3 Å². The van der Waals surface area contributed by atoms with Crippen LogP contribution >= 0.6 is 11.6 Å². The molecule has 1 aromatic carbocycles. The maximum Gasteiger partial charge on any atom is 0.408 e. The second-order valence-electron chi connectivity index (χ2n) is 12.0. The molecule has 8 nitrogen and oxygen atoms in total. The lowest BCUT2D eigenvalue weighted by Crippen LogP contribution is -2.54. The average molecular weight is 548 g/mol. The minimum Gasteiger partial charge on any atom is -0.444 e. The quantitative estimate of drug-likeness (QED) is 0.227. The Morgan fingerprint density at radius 3 is 2.34 bits per heavy atom. The number of benzene rings is 1. The summed E-state index contributed by atoms with van der Waals surface area (Å²) in [5.74, 6) is 0.752. The Labute approximate surface area is 232 Å². The van der Waals surface area contributed by atoms with Crippen molar-refractivity contribution in [3.63, 3.8) is 0 Å². The largest absolute Gasteiger partial charge is 0.444 e. The first kappa shape index (κ1) is 30.1. The van der Waals surface area contributed by atoms with E-state index < -0.39 is 17.7 Å². The smallest absolute Gasteiger partial charge is 0.408 e. The van der Waals surface area contributed by atoms with Gasteiger partial charge >= 0.3 is 6.09 Å². The molecule has 0 spiro atoms. The van der Waals surface area contributed by atoms with E-state index >= 15 is 0 Å². The lowest BCUT2D eigenvalue weighted by Gasteiger charge is -2.49. The Kier molecular flexibility index (Phi) is 10.7. The van der Waals surface area contributed by atoms with E-state index in [-0.39, 0.29) is 17.3 Å². The number of halogens is 1. The van der Waals surface area contributed by atoms with Gasteiger partial charge in [0, 0.05) is 31.1 Å². The Morgan fingerprint density at radius 1 is 1.13 bits per heavy atom. The normalized spacial score (nSPS) is 18.9. The molecule has 38 heavy (non-hydrogen) atoms. The van der Waals surface area contributed by atoms with Crippen LogP contribution in [0.2, 0.25) is 5.02 Å². The molecule has 1 saturated heterocycles. The Hall–Kier alpha value is -2.48. The van der Waals surface area contributed by atoms with Crippen LogP contribution in [0.25, 0.3) is 0 Å². The van der Waals surface area contributed by atoms with Crippen molar-refractivity contribution in [3.05, 3.63) is 34.9 Å². The van der Waals surface area contributed by atoms with Crippen LogP contribution in [0.4, 0.5) is 4.79 Å². The van der Waals surface area contributed by atoms with Crippen LogP contribution in [0.1, 0.15) is 84.1 Å². The van der Waals surface area contributed by atoms with Gasteiger partial charge in [-0.25, -0.2) is 4.79 Å². The van der Waals surface area contributed by atoms with Crippen LogP contribution in [0.5, 0.6) is 0 Å². The molecular weight excluding hydrogens is 502 g/mol. The number of carbonyl (C=O) groups excluding carboxylic acids is 2. The number of hydrogen-bond acceptors (Lipinski definition) is 4. The van der Waals surface area contributed by atoms with E-state index in [0.29, 0.717) is 37.0 Å². The van der Waals surface area contributed by atoms with E-state index in [2.05, 4.69) is 10.3 Å². The van der Waals surface area contributed by atoms with E-state index in [9.17, 15) is 9.59 Å². The Bertz CT molecular complexity index is 942. The summed E-state index contributed by atoms with van der Waals surface area (Å²) in [5.41, 5.74) is 11.6. The predicted molar refractivity (Wildman–Crippen MR) is 153 cm³/mol. The van der Waals surface area contributed by atoms with Crippen molar-refractivity contribution in [1.82, 2.24) is 10.2 Å². The van der Waals surface area contributed by atoms with Crippen molar-refractivity contribution in [2.75, 3.05) is 19.6 Å². The average Bonchev–Trinajstić information content (AvgIpc) is 2.87. The molecule has 1 aromatic rings. The highest BCUT2D eigenvalue weighted by atomic mass is 35.5. The van der Waals surface area contributed by atoms with Gasteiger partial charge in [0.25, 0.3) is 0 Å². The van der Waals surface area contributed by atoms with Crippen molar-refractivity contribution >= 4 is 29.6 Å². The number of carbonyl (C=O) groups is 2. The standard InChI is InChI=1S/C29H46ClN5O3/c1-28(2,3)38-27(37)34-24(20-21-10-12-23(30)13-11-21)25(36)35-18-15-29(16-19-35,14-7-17-33-26(31)32)22-8-5-4-6-9-22/h10-13,22,24H,4-9,14-20H2,1-3H3,(H,34,37)(H4,31,32,33)/t24-/m1/s1. The SMILES string of the molecule is CC(C)(C)OC(=O)N[C@H](Cc1ccc(Cl)cc1)C(=O)N1CCC(CCCN=C(N)N)(C2CCCCC2)CC1. The van der Waals surface area contributed by atoms with Crippen molar-refractivity contribution in [1.29, 1.82) is 0 Å². The number of likely N-dealkylation sites (tertiary alicyclic amines) is 1. The summed E-state index contributed by atoms with van der Waals surface area (Å²) in [6.45, 7) is 7.44. The number of amides is 2. The fourth-order valence-corrected chi connectivity index (χ4v) is 6.24. The summed E-state index contributed by atoms with van der Waals surface area (Å²) in [6.07, 6.45) is 10.1. The summed E-state index contributed by atoms with van der Waals surface area (Å²) >= 11 is 6.06. The van der Waals surface area contributed by atoms with Crippen LogP contribution in [0.3, 0.4) is 0 Å². The molecule has 5 N–H and O–H groups in total. The number of nitrogens with one attached hydrogen (secondary N) is 1. The van der Waals surface area contributed by atoms with Crippen molar-refractivity contribution in [2.24, 2.45) is 27.8 Å². The van der Waals surface area contributed by atoms with Gasteiger partial charge < -0.3 is 26.4 Å². The summed E-state index contributed by atoms with van der Waals surface area (Å²) in [4.78, 5) is 32.6. The molecule has 1 saturated carbocycles. The third-order valence-corrected chi connectivity index (χ3v) is 8.26. The van der Waals surface area contributed by atoms with E-state index in [1.807, 2.05) is 37.8 Å². The molecule has 212 valence electrons. The molecule has 0 bridgehead atoms. The van der Waals surface area contributed by atoms with Crippen molar-refractivity contribution < 1.29 is 14.3 Å². The summed E-state index contributed by atoms with van der Waals surface area (Å²) in [7, 11) is 0. The summed E-state index contributed by atoms with van der Waals surface area (Å²) in [6, 6.07) is 6.66. The molecule has 2 fully saturated rings. The first-order valence-electron chi connectivity index (χ1n) is 14.1. The van der Waals surface area contributed by atoms with Gasteiger partial charge in [0.1, 0.15) is 11.6 Å². The molecular formula is C29H46ClN5O3. The number of alkyl carbamates (subject to hydrolysis) is 1. The van der Waals surface area contributed by atoms with Crippen LogP contribution in [0, 0.1) is 11.3 Å². The van der Waals surface area contributed by atoms with Crippen LogP contribution in [-0.4, -0.2) is 54.1 Å². The molecule has 3 rings (SSSR count). The first-order valence-corrected chi connectivity index (χ1v) is 14.4. The molecule has 1 heterocycles. The fourth-order valence-electron chi connectivity index (χ4n) is 6.12. The molecule has 0 unspecified atom stereocenters. The number of ether oxygens (including phenoxy) is 1. The van der Waals surface area contributed by atoms with Crippen molar-refractivity contribution in [3.8, 4) is 0 Å². The van der Waals surface area contributed by atoms with Crippen molar-refractivity contribution in [2.45, 2.75) is 96.6 Å². The second-order valence-corrected chi connectivity index (χ2v) is 12.4. The van der Waals surface area contributed by atoms with Crippen LogP contribution in [-0.2, 0) is 16.0 Å². The molecule has 1 atom stereocenters. The topological polar surface area (TPSA) is 123 Å². The second kappa shape index (κ2) is 13.5. The lowest BCUT2D eigenvalue weighted by molar-refractivity contribution is -0.137. The van der Waals surface area contributed by atoms with Gasteiger partial charge in [0.2, 0.25) is 5.91 Å². The zero-order chi connectivity index (χ0) is 27.8. The maximum atomic E-state index is 13.8. The number of piperidine rings is 1. The predicted octanol–water partition coefficient (Wildman–Crippen LogP) is 5.02. The summed E-state index contributed by atoms with van der Waals surface area (Å²) in [5, 5.41) is 3.48. The molecule has 2 amide bonds. The minimum atomic E-state index is -0.713. The third kappa shape index (κ3) is 9.07. The first-order chi connectivity index (χ1) is 18.0. The molecule has 1 aliphatic carbocycles. The number of hydrogen-bond donors (Lipinski definition) is 3. The monoisotopic (exact) mass is 547 g/mol. The highest BCUT2D eigenvalue weighted by Crippen LogP contribution is 2.49. The number of rotatable bonds is 9. The molecule has 9 heteroatoms. The van der Waals surface area contributed by atoms with Gasteiger partial charge in [0.15, 0.2) is 5.96 Å².